The molecule has 1 aliphatic rings. The van der Waals surface area contributed by atoms with Gasteiger partial charge in [-0.1, -0.05) is 0 Å². The van der Waals surface area contributed by atoms with E-state index < -0.39 is 0 Å². The third kappa shape index (κ3) is 3.68. The molecule has 2 aromatic rings. The van der Waals surface area contributed by atoms with Gasteiger partial charge in [-0.15, -0.1) is 0 Å². The Hall–Kier alpha value is -2.41. The number of ether oxygens (including phenoxy) is 1. The molecule has 1 aliphatic heterocycles. The summed E-state index contributed by atoms with van der Waals surface area (Å²) < 4.78 is 7.57. The first-order chi connectivity index (χ1) is 11.1. The molecule has 0 bridgehead atoms. The van der Waals surface area contributed by atoms with Gasteiger partial charge in [-0.2, -0.15) is 0 Å². The van der Waals surface area contributed by atoms with Gasteiger partial charge in [0.2, 0.25) is 0 Å². The van der Waals surface area contributed by atoms with E-state index in [1.165, 1.54) is 12.4 Å². The average Bonchev–Trinajstić information content (AvgIpc) is 2.99. The van der Waals surface area contributed by atoms with Crippen LogP contribution in [0, 0.1) is 0 Å². The SMILES string of the molecule is Cn1cccc1C(=O)N1CCO[C@H](CCc2cc(=O)[nH]cn2)C1. The molecule has 0 spiro atoms. The average molecular weight is 316 g/mol. The number of nitrogens with one attached hydrogen (secondary N) is 1. The summed E-state index contributed by atoms with van der Waals surface area (Å²) in [4.78, 5) is 32.3. The molecule has 1 amide bonds. The maximum absolute atomic E-state index is 12.5. The Bertz CT molecular complexity index is 737. The van der Waals surface area contributed by atoms with Gasteiger partial charge in [0, 0.05) is 38.1 Å². The van der Waals surface area contributed by atoms with E-state index in [-0.39, 0.29) is 17.6 Å². The number of hydrogen-bond acceptors (Lipinski definition) is 4. The third-order valence-electron chi connectivity index (χ3n) is 4.05. The Morgan fingerprint density at radius 3 is 3.13 bits per heavy atom. The summed E-state index contributed by atoms with van der Waals surface area (Å²) in [5.41, 5.74) is 1.27. The van der Waals surface area contributed by atoms with Crippen molar-refractivity contribution in [3.05, 3.63) is 52.5 Å². The number of morpholine rings is 1. The number of aromatic amines is 1. The third-order valence-corrected chi connectivity index (χ3v) is 4.05. The van der Waals surface area contributed by atoms with E-state index in [4.69, 9.17) is 4.74 Å². The fourth-order valence-corrected chi connectivity index (χ4v) is 2.78. The van der Waals surface area contributed by atoms with Crippen LogP contribution in [-0.2, 0) is 18.2 Å². The summed E-state index contributed by atoms with van der Waals surface area (Å²) in [6.45, 7) is 1.70. The van der Waals surface area contributed by atoms with Gasteiger partial charge in [0.25, 0.3) is 11.5 Å². The van der Waals surface area contributed by atoms with Gasteiger partial charge in [-0.25, -0.2) is 4.98 Å². The molecule has 122 valence electrons. The first-order valence-corrected chi connectivity index (χ1v) is 7.69. The van der Waals surface area contributed by atoms with Gasteiger partial charge < -0.3 is 19.2 Å². The van der Waals surface area contributed by atoms with Gasteiger partial charge in [0.1, 0.15) is 5.69 Å². The molecule has 1 N–H and O–H groups in total. The molecule has 23 heavy (non-hydrogen) atoms. The molecule has 0 radical (unpaired) electrons. The standard InChI is InChI=1S/C16H20N4O3/c1-19-6-2-3-14(19)16(22)20-7-8-23-13(10-20)5-4-12-9-15(21)18-11-17-12/h2-3,6,9,11,13H,4-5,7-8,10H2,1H3,(H,17,18,21)/t13-/m1/s1. The summed E-state index contributed by atoms with van der Waals surface area (Å²) in [6, 6.07) is 5.19. The minimum Gasteiger partial charge on any atom is -0.375 e. The van der Waals surface area contributed by atoms with E-state index in [0.717, 1.165) is 12.1 Å². The minimum atomic E-state index is -0.153. The van der Waals surface area contributed by atoms with E-state index in [1.807, 2.05) is 34.8 Å². The summed E-state index contributed by atoms with van der Waals surface area (Å²) in [7, 11) is 1.86. The number of carbonyl (C=O) groups is 1. The highest BCUT2D eigenvalue weighted by atomic mass is 16.5. The predicted molar refractivity (Wildman–Crippen MR) is 84.2 cm³/mol. The molecule has 0 unspecified atom stereocenters. The number of rotatable bonds is 4. The number of carbonyl (C=O) groups excluding carboxylic acids is 1. The monoisotopic (exact) mass is 316 g/mol. The van der Waals surface area contributed by atoms with Crippen LogP contribution < -0.4 is 5.56 Å². The molecule has 1 fully saturated rings. The van der Waals surface area contributed by atoms with Crippen molar-refractivity contribution in [2.24, 2.45) is 7.05 Å². The molecular formula is C16H20N4O3. The normalized spacial score (nSPS) is 18.1. The Morgan fingerprint density at radius 2 is 2.39 bits per heavy atom. The molecule has 0 aromatic carbocycles. The van der Waals surface area contributed by atoms with Crippen LogP contribution in [0.5, 0.6) is 0 Å². The molecule has 1 atom stereocenters. The van der Waals surface area contributed by atoms with Crippen molar-refractivity contribution >= 4 is 5.91 Å². The Kier molecular flexibility index (Phi) is 4.57. The van der Waals surface area contributed by atoms with Crippen molar-refractivity contribution in [1.29, 1.82) is 0 Å². The highest BCUT2D eigenvalue weighted by Crippen LogP contribution is 2.14. The zero-order valence-electron chi connectivity index (χ0n) is 13.1. The molecule has 0 saturated carbocycles. The molecule has 2 aromatic heterocycles. The smallest absolute Gasteiger partial charge is 0.270 e. The number of H-pyrrole nitrogens is 1. The van der Waals surface area contributed by atoms with Crippen LogP contribution in [0.3, 0.4) is 0 Å². The van der Waals surface area contributed by atoms with Gasteiger partial charge in [-0.3, -0.25) is 9.59 Å². The second-order valence-corrected chi connectivity index (χ2v) is 5.69. The molecule has 3 heterocycles. The van der Waals surface area contributed by atoms with E-state index in [0.29, 0.717) is 31.8 Å². The van der Waals surface area contributed by atoms with Crippen LogP contribution in [0.15, 0.2) is 35.5 Å². The zero-order valence-corrected chi connectivity index (χ0v) is 13.1. The van der Waals surface area contributed by atoms with Crippen molar-refractivity contribution in [2.75, 3.05) is 19.7 Å². The quantitative estimate of drug-likeness (QED) is 0.895. The first kappa shape index (κ1) is 15.5. The fourth-order valence-electron chi connectivity index (χ4n) is 2.78. The van der Waals surface area contributed by atoms with Crippen molar-refractivity contribution < 1.29 is 9.53 Å². The highest BCUT2D eigenvalue weighted by molar-refractivity contribution is 5.92. The van der Waals surface area contributed by atoms with Crippen LogP contribution in [0.2, 0.25) is 0 Å². The molecular weight excluding hydrogens is 296 g/mol. The van der Waals surface area contributed by atoms with Crippen LogP contribution in [0.1, 0.15) is 22.6 Å². The Balaban J connectivity index is 1.59. The fraction of sp³-hybridized carbons (Fsp3) is 0.438. The second-order valence-electron chi connectivity index (χ2n) is 5.69. The van der Waals surface area contributed by atoms with Crippen molar-refractivity contribution in [3.8, 4) is 0 Å². The number of nitrogens with zero attached hydrogens (tertiary/aromatic N) is 3. The zero-order chi connectivity index (χ0) is 16.2. The number of aryl methyl sites for hydroxylation is 2. The lowest BCUT2D eigenvalue weighted by Gasteiger charge is -2.33. The number of amides is 1. The Labute approximate surface area is 133 Å². The number of hydrogen-bond donors (Lipinski definition) is 1. The molecule has 3 rings (SSSR count). The Morgan fingerprint density at radius 1 is 1.52 bits per heavy atom. The highest BCUT2D eigenvalue weighted by Gasteiger charge is 2.26. The molecule has 0 aliphatic carbocycles. The largest absolute Gasteiger partial charge is 0.375 e. The van der Waals surface area contributed by atoms with Crippen LogP contribution >= 0.6 is 0 Å². The van der Waals surface area contributed by atoms with Crippen LogP contribution in [0.25, 0.3) is 0 Å². The van der Waals surface area contributed by atoms with Gasteiger partial charge >= 0.3 is 0 Å². The van der Waals surface area contributed by atoms with E-state index in [1.54, 1.807) is 0 Å². The minimum absolute atomic E-state index is 0.0279. The van der Waals surface area contributed by atoms with Gasteiger partial charge in [-0.05, 0) is 25.0 Å². The van der Waals surface area contributed by atoms with Crippen molar-refractivity contribution in [3.63, 3.8) is 0 Å². The molecule has 1 saturated heterocycles. The summed E-state index contributed by atoms with van der Waals surface area (Å²) in [6.07, 6.45) is 4.62. The summed E-state index contributed by atoms with van der Waals surface area (Å²) >= 11 is 0. The van der Waals surface area contributed by atoms with Crippen molar-refractivity contribution in [2.45, 2.75) is 18.9 Å². The maximum atomic E-state index is 12.5. The lowest BCUT2D eigenvalue weighted by molar-refractivity contribution is -0.0249. The lowest BCUT2D eigenvalue weighted by atomic mass is 10.1. The number of aromatic nitrogens is 3. The van der Waals surface area contributed by atoms with Crippen molar-refractivity contribution in [1.82, 2.24) is 19.4 Å². The topological polar surface area (TPSA) is 80.2 Å². The summed E-state index contributed by atoms with van der Waals surface area (Å²) in [5, 5.41) is 0. The van der Waals surface area contributed by atoms with E-state index >= 15 is 0 Å². The van der Waals surface area contributed by atoms with Gasteiger partial charge in [0.15, 0.2) is 0 Å². The molecule has 7 nitrogen and oxygen atoms in total. The first-order valence-electron chi connectivity index (χ1n) is 7.69. The van der Waals surface area contributed by atoms with E-state index in [9.17, 15) is 9.59 Å². The van der Waals surface area contributed by atoms with E-state index in [2.05, 4.69) is 9.97 Å². The van der Waals surface area contributed by atoms with Gasteiger partial charge in [0.05, 0.1) is 19.0 Å². The van der Waals surface area contributed by atoms with Crippen LogP contribution in [-0.4, -0.2) is 51.1 Å². The maximum Gasteiger partial charge on any atom is 0.270 e. The van der Waals surface area contributed by atoms with Crippen LogP contribution in [0.4, 0.5) is 0 Å². The second kappa shape index (κ2) is 6.78. The summed E-state index contributed by atoms with van der Waals surface area (Å²) in [5.74, 6) is 0.0279. The predicted octanol–water partition coefficient (Wildman–Crippen LogP) is 0.582. The lowest BCUT2D eigenvalue weighted by Crippen LogP contribution is -2.46. The molecule has 7 heteroatoms.